The summed E-state index contributed by atoms with van der Waals surface area (Å²) in [7, 11) is -1.12. The van der Waals surface area contributed by atoms with Crippen molar-refractivity contribution in [3.05, 3.63) is 35.0 Å². The predicted octanol–water partition coefficient (Wildman–Crippen LogP) is 2.80. The summed E-state index contributed by atoms with van der Waals surface area (Å²) in [5.74, 6) is 0.678. The molecule has 1 aromatic rings. The molecule has 0 fully saturated rings. The van der Waals surface area contributed by atoms with Crippen LogP contribution in [0.3, 0.4) is 0 Å². The van der Waals surface area contributed by atoms with Crippen LogP contribution in [0.25, 0.3) is 0 Å². The number of anilines is 1. The van der Waals surface area contributed by atoms with Crippen molar-refractivity contribution < 1.29 is 8.60 Å². The number of halogens is 3. The maximum atomic E-state index is 13.4. The van der Waals surface area contributed by atoms with E-state index in [-0.39, 0.29) is 21.1 Å². The van der Waals surface area contributed by atoms with E-state index < -0.39 is 10.8 Å². The summed E-state index contributed by atoms with van der Waals surface area (Å²) in [6.45, 7) is 0. The molecular formula is C12H10ClFIN3OS. The molecule has 3 atom stereocenters. The Hall–Kier alpha value is -0.540. The molecule has 0 bridgehead atoms. The van der Waals surface area contributed by atoms with Crippen molar-refractivity contribution in [2.75, 3.05) is 11.1 Å². The molecule has 2 unspecified atom stereocenters. The summed E-state index contributed by atoms with van der Waals surface area (Å²) in [5, 5.41) is 3.25. The van der Waals surface area contributed by atoms with Gasteiger partial charge in [-0.05, 0) is 23.8 Å². The minimum absolute atomic E-state index is 0.0753. The lowest BCUT2D eigenvalue weighted by Crippen LogP contribution is -2.29. The normalized spacial score (nSPS) is 28.1. The maximum absolute atomic E-state index is 13.4. The zero-order valence-electron chi connectivity index (χ0n) is 10.1. The minimum Gasteiger partial charge on any atom is -0.361 e. The van der Waals surface area contributed by atoms with Gasteiger partial charge in [0.25, 0.3) is 0 Å². The fourth-order valence-corrected chi connectivity index (χ4v) is 4.26. The molecule has 0 saturated carbocycles. The second kappa shape index (κ2) is 5.69. The van der Waals surface area contributed by atoms with Crippen LogP contribution in [-0.2, 0) is 17.2 Å². The quantitative estimate of drug-likeness (QED) is 0.450. The van der Waals surface area contributed by atoms with Gasteiger partial charge in [-0.1, -0.05) is 28.7 Å². The topological polar surface area (TPSA) is 54.9 Å². The van der Waals surface area contributed by atoms with Crippen molar-refractivity contribution in [3.8, 4) is 0 Å². The molecule has 0 aromatic carbocycles. The average molecular weight is 426 g/mol. The van der Waals surface area contributed by atoms with Crippen molar-refractivity contribution in [2.24, 2.45) is 0 Å². The molecule has 2 aliphatic rings. The van der Waals surface area contributed by atoms with Crippen LogP contribution in [0, 0.1) is 0 Å². The highest BCUT2D eigenvalue weighted by Gasteiger charge is 2.28. The number of nitrogens with one attached hydrogen (secondary N) is 1. The zero-order valence-corrected chi connectivity index (χ0v) is 13.9. The molecule has 1 aliphatic carbocycles. The summed E-state index contributed by atoms with van der Waals surface area (Å²) in [5.41, 5.74) is 0.714. The Morgan fingerprint density at radius 3 is 3.10 bits per heavy atom. The third kappa shape index (κ3) is 2.75. The van der Waals surface area contributed by atoms with Crippen LogP contribution in [0.4, 0.5) is 10.2 Å². The van der Waals surface area contributed by atoms with E-state index in [0.717, 1.165) is 0 Å². The summed E-state index contributed by atoms with van der Waals surface area (Å²) in [6, 6.07) is -0.256. The molecule has 1 N–H and O–H groups in total. The maximum Gasteiger partial charge on any atom is 0.224 e. The number of alkyl halides is 1. The van der Waals surface area contributed by atoms with Gasteiger partial charge in [0.2, 0.25) is 5.28 Å². The van der Waals surface area contributed by atoms with Crippen LogP contribution in [0.1, 0.15) is 5.69 Å². The van der Waals surface area contributed by atoms with Crippen LogP contribution in [0.2, 0.25) is 5.28 Å². The Kier molecular flexibility index (Phi) is 4.09. The molecule has 0 spiro atoms. The van der Waals surface area contributed by atoms with E-state index in [1.54, 1.807) is 6.08 Å². The fourth-order valence-electron chi connectivity index (χ4n) is 2.17. The molecule has 1 aromatic heterocycles. The molecule has 1 aliphatic heterocycles. The van der Waals surface area contributed by atoms with Crippen molar-refractivity contribution in [1.82, 2.24) is 9.97 Å². The molecule has 0 amide bonds. The van der Waals surface area contributed by atoms with Gasteiger partial charge in [0, 0.05) is 12.2 Å². The first kappa shape index (κ1) is 14.4. The first-order chi connectivity index (χ1) is 9.54. The Morgan fingerprint density at radius 2 is 2.30 bits per heavy atom. The molecule has 0 radical (unpaired) electrons. The predicted molar refractivity (Wildman–Crippen MR) is 85.6 cm³/mol. The number of aryl methyl sites for hydroxylation is 1. The van der Waals surface area contributed by atoms with Crippen LogP contribution in [-0.4, -0.2) is 29.9 Å². The van der Waals surface area contributed by atoms with Gasteiger partial charge in [-0.2, -0.15) is 4.98 Å². The molecule has 2 heterocycles. The average Bonchev–Trinajstić information content (AvgIpc) is 2.75. The third-order valence-corrected chi connectivity index (χ3v) is 5.90. The summed E-state index contributed by atoms with van der Waals surface area (Å²) in [4.78, 5) is 8.83. The van der Waals surface area contributed by atoms with Gasteiger partial charge in [0.1, 0.15) is 16.5 Å². The molecule has 20 heavy (non-hydrogen) atoms. The van der Waals surface area contributed by atoms with Crippen LogP contribution < -0.4 is 5.32 Å². The van der Waals surface area contributed by atoms with E-state index in [2.05, 4.69) is 37.9 Å². The SMILES string of the molecule is O=S1CCc2nc(Cl)nc(NC3C=C(F)C=C[C@@H]3I)c21. The zero-order chi connectivity index (χ0) is 14.3. The van der Waals surface area contributed by atoms with Crippen molar-refractivity contribution in [2.45, 2.75) is 21.3 Å². The Morgan fingerprint density at radius 1 is 1.50 bits per heavy atom. The van der Waals surface area contributed by atoms with Gasteiger partial charge in [-0.15, -0.1) is 0 Å². The van der Waals surface area contributed by atoms with Crippen LogP contribution in [0.5, 0.6) is 0 Å². The molecule has 106 valence electrons. The largest absolute Gasteiger partial charge is 0.361 e. The van der Waals surface area contributed by atoms with Crippen LogP contribution >= 0.6 is 34.2 Å². The smallest absolute Gasteiger partial charge is 0.224 e. The molecule has 0 saturated heterocycles. The molecule has 4 nitrogen and oxygen atoms in total. The molecular weight excluding hydrogens is 416 g/mol. The van der Waals surface area contributed by atoms with Gasteiger partial charge >= 0.3 is 0 Å². The molecule has 8 heteroatoms. The highest BCUT2D eigenvalue weighted by Crippen LogP contribution is 2.31. The summed E-state index contributed by atoms with van der Waals surface area (Å²) >= 11 is 8.10. The number of nitrogens with zero attached hydrogens (tertiary/aromatic N) is 2. The monoisotopic (exact) mass is 425 g/mol. The Balaban J connectivity index is 1.96. The Labute approximate surface area is 136 Å². The van der Waals surface area contributed by atoms with Crippen molar-refractivity contribution >= 4 is 50.8 Å². The number of hydrogen-bond acceptors (Lipinski definition) is 4. The number of aromatic nitrogens is 2. The van der Waals surface area contributed by atoms with E-state index in [4.69, 9.17) is 11.6 Å². The number of hydrogen-bond donors (Lipinski definition) is 1. The van der Waals surface area contributed by atoms with Gasteiger partial charge < -0.3 is 5.32 Å². The Bertz CT molecular complexity index is 652. The minimum atomic E-state index is -1.12. The second-order valence-electron chi connectivity index (χ2n) is 4.44. The van der Waals surface area contributed by atoms with E-state index in [1.807, 2.05) is 0 Å². The highest BCUT2D eigenvalue weighted by atomic mass is 127. The lowest BCUT2D eigenvalue weighted by Gasteiger charge is -2.22. The molecule has 3 rings (SSSR count). The number of rotatable bonds is 2. The first-order valence-electron chi connectivity index (χ1n) is 5.95. The van der Waals surface area contributed by atoms with Gasteiger partial charge in [-0.25, -0.2) is 9.37 Å². The number of fused-ring (bicyclic) bond motifs is 1. The first-order valence-corrected chi connectivity index (χ1v) is 8.90. The van der Waals surface area contributed by atoms with E-state index in [9.17, 15) is 8.60 Å². The van der Waals surface area contributed by atoms with Crippen LogP contribution in [0.15, 0.2) is 29.0 Å². The standard InChI is InChI=1S/C12H10ClFIN3OS/c13-12-17-8-3-4-20(19)10(8)11(18-12)16-9-5-6(14)1-2-7(9)15/h1-2,5,7,9H,3-4H2,(H,16,17,18)/t7-,9?,20?/m0/s1. The second-order valence-corrected chi connectivity index (χ2v) is 7.73. The van der Waals surface area contributed by atoms with E-state index in [1.165, 1.54) is 12.2 Å². The van der Waals surface area contributed by atoms with E-state index >= 15 is 0 Å². The lowest BCUT2D eigenvalue weighted by atomic mass is 10.1. The fraction of sp³-hybridized carbons (Fsp3) is 0.333. The summed E-state index contributed by atoms with van der Waals surface area (Å²) < 4.78 is 25.5. The van der Waals surface area contributed by atoms with Crippen molar-refractivity contribution in [3.63, 3.8) is 0 Å². The van der Waals surface area contributed by atoms with E-state index in [0.29, 0.717) is 28.6 Å². The third-order valence-electron chi connectivity index (χ3n) is 3.08. The summed E-state index contributed by atoms with van der Waals surface area (Å²) in [6.07, 6.45) is 5.32. The lowest BCUT2D eigenvalue weighted by molar-refractivity contribution is 0.647. The van der Waals surface area contributed by atoms with Crippen molar-refractivity contribution in [1.29, 1.82) is 0 Å². The van der Waals surface area contributed by atoms with Gasteiger partial charge in [0.15, 0.2) is 0 Å². The van der Waals surface area contributed by atoms with Gasteiger partial charge in [-0.3, -0.25) is 4.21 Å². The highest BCUT2D eigenvalue weighted by molar-refractivity contribution is 14.1. The number of allylic oxidation sites excluding steroid dienone is 2. The van der Waals surface area contributed by atoms with Gasteiger partial charge in [0.05, 0.1) is 26.5 Å².